The summed E-state index contributed by atoms with van der Waals surface area (Å²) in [6.07, 6.45) is 0.592. The lowest BCUT2D eigenvalue weighted by Crippen LogP contribution is -2.54. The quantitative estimate of drug-likeness (QED) is 0.592. The molecule has 1 aromatic rings. The van der Waals surface area contributed by atoms with E-state index in [9.17, 15) is 23.3 Å². The van der Waals surface area contributed by atoms with Gasteiger partial charge in [-0.2, -0.15) is 0 Å². The average Bonchev–Trinajstić information content (AvgIpc) is 2.48. The van der Waals surface area contributed by atoms with Gasteiger partial charge in [-0.1, -0.05) is 13.8 Å². The number of benzene rings is 1. The molecule has 1 unspecified atom stereocenters. The first-order valence-corrected chi connectivity index (χ1v) is 9.26. The summed E-state index contributed by atoms with van der Waals surface area (Å²) in [5, 5.41) is 16.3. The number of sulfonamides is 1. The lowest BCUT2D eigenvalue weighted by Gasteiger charge is -2.42. The summed E-state index contributed by atoms with van der Waals surface area (Å²) in [4.78, 5) is 24.5. The molecular formula is C15H22N4O5S. The number of primary sulfonamides is 1. The highest BCUT2D eigenvalue weighted by atomic mass is 32.2. The fraction of sp³-hybridized carbons (Fsp3) is 0.533. The minimum absolute atomic E-state index is 0.0375. The van der Waals surface area contributed by atoms with Crippen molar-refractivity contribution < 1.29 is 18.1 Å². The highest BCUT2D eigenvalue weighted by molar-refractivity contribution is 7.89. The third-order valence-corrected chi connectivity index (χ3v) is 5.60. The largest absolute Gasteiger partial charge is 0.338 e. The lowest BCUT2D eigenvalue weighted by molar-refractivity contribution is -0.385. The first-order valence-electron chi connectivity index (χ1n) is 7.71. The molecule has 1 aromatic carbocycles. The third kappa shape index (κ3) is 3.80. The number of carbonyl (C=O) groups excluding carboxylic acids is 1. The van der Waals surface area contributed by atoms with E-state index >= 15 is 0 Å². The first-order chi connectivity index (χ1) is 11.3. The van der Waals surface area contributed by atoms with Gasteiger partial charge in [-0.3, -0.25) is 14.9 Å². The van der Waals surface area contributed by atoms with Gasteiger partial charge in [0.1, 0.15) is 0 Å². The highest BCUT2D eigenvalue weighted by Crippen LogP contribution is 2.31. The molecule has 1 atom stereocenters. The van der Waals surface area contributed by atoms with Gasteiger partial charge in [0.15, 0.2) is 0 Å². The van der Waals surface area contributed by atoms with Gasteiger partial charge in [-0.05, 0) is 24.8 Å². The van der Waals surface area contributed by atoms with Crippen molar-refractivity contribution in [2.75, 3.05) is 13.1 Å². The second-order valence-electron chi connectivity index (χ2n) is 7.03. The number of amides is 1. The second kappa shape index (κ2) is 6.36. The number of nitro benzene ring substituents is 1. The van der Waals surface area contributed by atoms with Crippen LogP contribution in [0.2, 0.25) is 0 Å². The van der Waals surface area contributed by atoms with Crippen LogP contribution in [0, 0.1) is 22.5 Å². The minimum Gasteiger partial charge on any atom is -0.338 e. The molecule has 4 N–H and O–H groups in total. The Labute approximate surface area is 146 Å². The van der Waals surface area contributed by atoms with Gasteiger partial charge < -0.3 is 10.6 Å². The van der Waals surface area contributed by atoms with E-state index in [1.807, 2.05) is 13.8 Å². The third-order valence-electron chi connectivity index (χ3n) is 4.71. The van der Waals surface area contributed by atoms with Crippen LogP contribution in [-0.2, 0) is 10.0 Å². The molecule has 0 bridgehead atoms. The standard InChI is InChI=1S/C15H22N4O5S/c1-9-11(6-10(25(17,23)24)7-12(9)19(21)22)14(20)18-5-4-13(16)15(2,3)8-18/h6-7,13H,4-5,8,16H2,1-3H3,(H2,17,23,24). The average molecular weight is 370 g/mol. The maximum atomic E-state index is 12.9. The van der Waals surface area contributed by atoms with Gasteiger partial charge in [-0.25, -0.2) is 13.6 Å². The lowest BCUT2D eigenvalue weighted by atomic mass is 9.79. The summed E-state index contributed by atoms with van der Waals surface area (Å²) in [5.74, 6) is -0.467. The molecule has 138 valence electrons. The number of piperidine rings is 1. The van der Waals surface area contributed by atoms with Gasteiger partial charge in [0.2, 0.25) is 10.0 Å². The van der Waals surface area contributed by atoms with Crippen molar-refractivity contribution >= 4 is 21.6 Å². The topological polar surface area (TPSA) is 150 Å². The maximum Gasteiger partial charge on any atom is 0.274 e. The van der Waals surface area contributed by atoms with Crippen LogP contribution >= 0.6 is 0 Å². The predicted molar refractivity (Wildman–Crippen MR) is 91.5 cm³/mol. The van der Waals surface area contributed by atoms with Crippen LogP contribution in [0.4, 0.5) is 5.69 Å². The van der Waals surface area contributed by atoms with E-state index in [0.29, 0.717) is 19.5 Å². The van der Waals surface area contributed by atoms with Crippen LogP contribution in [0.3, 0.4) is 0 Å². The van der Waals surface area contributed by atoms with Crippen LogP contribution < -0.4 is 10.9 Å². The van der Waals surface area contributed by atoms with Crippen molar-refractivity contribution in [3.8, 4) is 0 Å². The number of carbonyl (C=O) groups is 1. The molecule has 0 saturated carbocycles. The molecule has 1 heterocycles. The molecule has 0 spiro atoms. The molecule has 0 radical (unpaired) electrons. The van der Waals surface area contributed by atoms with E-state index in [-0.39, 0.29) is 22.6 Å². The van der Waals surface area contributed by atoms with Crippen LogP contribution in [-0.4, -0.2) is 43.3 Å². The highest BCUT2D eigenvalue weighted by Gasteiger charge is 2.36. The van der Waals surface area contributed by atoms with Crippen molar-refractivity contribution in [1.82, 2.24) is 4.90 Å². The Hall–Kier alpha value is -2.04. The molecule has 10 heteroatoms. The maximum absolute atomic E-state index is 12.9. The molecule has 9 nitrogen and oxygen atoms in total. The number of nitrogens with zero attached hydrogens (tertiary/aromatic N) is 2. The Balaban J connectivity index is 2.52. The normalized spacial score (nSPS) is 20.4. The zero-order valence-corrected chi connectivity index (χ0v) is 15.2. The molecule has 25 heavy (non-hydrogen) atoms. The Kier molecular flexibility index (Phi) is 4.90. The summed E-state index contributed by atoms with van der Waals surface area (Å²) in [6, 6.07) is 1.90. The van der Waals surface area contributed by atoms with Gasteiger partial charge in [0, 0.05) is 30.8 Å². The number of hydrogen-bond donors (Lipinski definition) is 2. The molecule has 1 saturated heterocycles. The van der Waals surface area contributed by atoms with Crippen LogP contribution in [0.25, 0.3) is 0 Å². The van der Waals surface area contributed by atoms with Crippen molar-refractivity contribution in [1.29, 1.82) is 0 Å². The second-order valence-corrected chi connectivity index (χ2v) is 8.59. The number of rotatable bonds is 3. The minimum atomic E-state index is -4.19. The van der Waals surface area contributed by atoms with E-state index in [2.05, 4.69) is 0 Å². The van der Waals surface area contributed by atoms with Crippen molar-refractivity contribution in [3.63, 3.8) is 0 Å². The molecule has 2 rings (SSSR count). The summed E-state index contributed by atoms with van der Waals surface area (Å²) >= 11 is 0. The molecule has 1 aliphatic heterocycles. The fourth-order valence-electron chi connectivity index (χ4n) is 2.97. The Morgan fingerprint density at radius 1 is 1.40 bits per heavy atom. The van der Waals surface area contributed by atoms with Gasteiger partial charge in [0.25, 0.3) is 11.6 Å². The molecule has 1 aliphatic rings. The van der Waals surface area contributed by atoms with E-state index in [1.54, 1.807) is 4.90 Å². The summed E-state index contributed by atoms with van der Waals surface area (Å²) in [7, 11) is -4.19. The van der Waals surface area contributed by atoms with Gasteiger partial charge in [-0.15, -0.1) is 0 Å². The molecule has 1 amide bonds. The number of hydrogen-bond acceptors (Lipinski definition) is 6. The van der Waals surface area contributed by atoms with E-state index in [0.717, 1.165) is 12.1 Å². The summed E-state index contributed by atoms with van der Waals surface area (Å²) in [6.45, 7) is 6.07. The Morgan fingerprint density at radius 2 is 2.00 bits per heavy atom. The van der Waals surface area contributed by atoms with Crippen LogP contribution in [0.5, 0.6) is 0 Å². The van der Waals surface area contributed by atoms with Crippen molar-refractivity contribution in [2.45, 2.75) is 38.1 Å². The molecule has 0 aromatic heterocycles. The zero-order chi connectivity index (χ0) is 19.2. The molecule has 0 aliphatic carbocycles. The number of nitrogens with two attached hydrogens (primary N) is 2. The van der Waals surface area contributed by atoms with Crippen molar-refractivity contribution in [2.24, 2.45) is 16.3 Å². The number of nitro groups is 1. The summed E-state index contributed by atoms with van der Waals surface area (Å²) < 4.78 is 23.3. The Bertz CT molecular complexity index is 835. The zero-order valence-electron chi connectivity index (χ0n) is 14.4. The Morgan fingerprint density at radius 3 is 2.48 bits per heavy atom. The van der Waals surface area contributed by atoms with Gasteiger partial charge in [0.05, 0.1) is 15.4 Å². The smallest absolute Gasteiger partial charge is 0.274 e. The predicted octanol–water partition coefficient (Wildman–Crippen LogP) is 0.750. The number of likely N-dealkylation sites (tertiary alicyclic amines) is 1. The van der Waals surface area contributed by atoms with Crippen LogP contribution in [0.1, 0.15) is 36.2 Å². The van der Waals surface area contributed by atoms with E-state index in [4.69, 9.17) is 10.9 Å². The fourth-order valence-corrected chi connectivity index (χ4v) is 3.52. The molecular weight excluding hydrogens is 348 g/mol. The summed E-state index contributed by atoms with van der Waals surface area (Å²) in [5.41, 5.74) is 5.36. The molecule has 1 fully saturated rings. The monoisotopic (exact) mass is 370 g/mol. The van der Waals surface area contributed by atoms with Gasteiger partial charge >= 0.3 is 0 Å². The first kappa shape index (κ1) is 19.3. The SMILES string of the molecule is Cc1c(C(=O)N2CCC(N)C(C)(C)C2)cc(S(N)(=O)=O)cc1[N+](=O)[O-]. The van der Waals surface area contributed by atoms with E-state index in [1.165, 1.54) is 6.92 Å². The van der Waals surface area contributed by atoms with E-state index < -0.39 is 31.4 Å². The van der Waals surface area contributed by atoms with Crippen LogP contribution in [0.15, 0.2) is 17.0 Å². The van der Waals surface area contributed by atoms with Crippen molar-refractivity contribution in [3.05, 3.63) is 33.4 Å².